The van der Waals surface area contributed by atoms with E-state index >= 15 is 0 Å². The van der Waals surface area contributed by atoms with Crippen LogP contribution >= 0.6 is 0 Å². The lowest BCUT2D eigenvalue weighted by molar-refractivity contribution is -0.150. The summed E-state index contributed by atoms with van der Waals surface area (Å²) in [6.45, 7) is 9.55. The van der Waals surface area contributed by atoms with Crippen LogP contribution in [0, 0.1) is 19.3 Å². The maximum absolute atomic E-state index is 12.4. The normalized spacial score (nSPS) is 12.1. The largest absolute Gasteiger partial charge is 0.481 e. The third-order valence-corrected chi connectivity index (χ3v) is 4.22. The van der Waals surface area contributed by atoms with Crippen molar-refractivity contribution in [3.63, 3.8) is 0 Å². The SMILES string of the molecule is Cc1n[nH]c(=O)c(C(=O)NC(C)(C)C(C)(C)C(=O)O)c1C. The highest BCUT2D eigenvalue weighted by molar-refractivity contribution is 5.96. The standard InChI is InChI=1S/C14H21N3O4/c1-7-8(2)16-17-11(19)9(7)10(18)15-14(5,6)13(3,4)12(20)21/h1-6H3,(H,15,18)(H,17,19)(H,20,21). The second-order valence-electron chi connectivity index (χ2n) is 6.15. The van der Waals surface area contributed by atoms with Gasteiger partial charge in [0.1, 0.15) is 5.56 Å². The van der Waals surface area contributed by atoms with Gasteiger partial charge in [-0.05, 0) is 47.1 Å². The molecule has 0 radical (unpaired) electrons. The van der Waals surface area contributed by atoms with Crippen molar-refractivity contribution in [2.75, 3.05) is 0 Å². The number of aromatic amines is 1. The Bertz CT molecular complexity index is 644. The first-order chi connectivity index (χ1) is 9.41. The lowest BCUT2D eigenvalue weighted by Gasteiger charge is -2.38. The Balaban J connectivity index is 3.22. The van der Waals surface area contributed by atoms with Crippen molar-refractivity contribution in [3.05, 3.63) is 27.2 Å². The summed E-state index contributed by atoms with van der Waals surface area (Å²) in [7, 11) is 0. The summed E-state index contributed by atoms with van der Waals surface area (Å²) in [6, 6.07) is 0. The molecule has 0 saturated heterocycles. The highest BCUT2D eigenvalue weighted by Crippen LogP contribution is 2.31. The Morgan fingerprint density at radius 2 is 1.71 bits per heavy atom. The van der Waals surface area contributed by atoms with E-state index < -0.39 is 28.4 Å². The predicted octanol–water partition coefficient (Wildman–Crippen LogP) is 1.01. The van der Waals surface area contributed by atoms with Gasteiger partial charge in [0, 0.05) is 0 Å². The Hall–Kier alpha value is -2.18. The summed E-state index contributed by atoms with van der Waals surface area (Å²) in [5, 5.41) is 18.0. The van der Waals surface area contributed by atoms with Crippen molar-refractivity contribution in [3.8, 4) is 0 Å². The molecule has 1 rings (SSSR count). The fourth-order valence-electron chi connectivity index (χ4n) is 1.67. The number of rotatable bonds is 4. The molecule has 0 aliphatic heterocycles. The molecule has 0 bridgehead atoms. The number of carboxylic acids is 1. The molecule has 21 heavy (non-hydrogen) atoms. The molecular weight excluding hydrogens is 274 g/mol. The molecule has 0 atom stereocenters. The highest BCUT2D eigenvalue weighted by atomic mass is 16.4. The number of hydrogen-bond donors (Lipinski definition) is 3. The molecule has 1 heterocycles. The number of amides is 1. The quantitative estimate of drug-likeness (QED) is 0.767. The third kappa shape index (κ3) is 2.96. The molecule has 1 amide bonds. The first kappa shape index (κ1) is 16.9. The van der Waals surface area contributed by atoms with Gasteiger partial charge in [-0.3, -0.25) is 14.4 Å². The summed E-state index contributed by atoms with van der Waals surface area (Å²) in [5.74, 6) is -1.65. The van der Waals surface area contributed by atoms with Crippen LogP contribution in [0.1, 0.15) is 49.3 Å². The Morgan fingerprint density at radius 3 is 2.19 bits per heavy atom. The summed E-state index contributed by atoms with van der Waals surface area (Å²) in [5.41, 5.74) is -1.89. The molecule has 0 fully saturated rings. The van der Waals surface area contributed by atoms with Crippen molar-refractivity contribution in [1.82, 2.24) is 15.5 Å². The van der Waals surface area contributed by atoms with Crippen LogP contribution in [0.2, 0.25) is 0 Å². The first-order valence-electron chi connectivity index (χ1n) is 6.53. The number of carboxylic acid groups (broad SMARTS) is 1. The van der Waals surface area contributed by atoms with E-state index in [0.29, 0.717) is 11.3 Å². The number of aryl methyl sites for hydroxylation is 1. The molecule has 1 aromatic rings. The molecule has 0 spiro atoms. The maximum Gasteiger partial charge on any atom is 0.311 e. The van der Waals surface area contributed by atoms with E-state index in [-0.39, 0.29) is 5.56 Å². The number of H-pyrrole nitrogens is 1. The highest BCUT2D eigenvalue weighted by Gasteiger charge is 2.44. The number of aromatic nitrogens is 2. The lowest BCUT2D eigenvalue weighted by Crippen LogP contribution is -2.57. The van der Waals surface area contributed by atoms with Gasteiger partial charge in [0.2, 0.25) is 0 Å². The molecule has 116 valence electrons. The van der Waals surface area contributed by atoms with Gasteiger partial charge in [0.05, 0.1) is 16.6 Å². The van der Waals surface area contributed by atoms with Gasteiger partial charge >= 0.3 is 5.97 Å². The summed E-state index contributed by atoms with van der Waals surface area (Å²) < 4.78 is 0. The van der Waals surface area contributed by atoms with Crippen LogP contribution in [-0.4, -0.2) is 32.7 Å². The van der Waals surface area contributed by atoms with Crippen LogP contribution in [0.4, 0.5) is 0 Å². The topological polar surface area (TPSA) is 112 Å². The van der Waals surface area contributed by atoms with E-state index in [9.17, 15) is 19.5 Å². The first-order valence-corrected chi connectivity index (χ1v) is 6.53. The van der Waals surface area contributed by atoms with Crippen molar-refractivity contribution >= 4 is 11.9 Å². The number of hydrogen-bond acceptors (Lipinski definition) is 4. The molecule has 0 saturated carbocycles. The zero-order valence-electron chi connectivity index (χ0n) is 13.1. The molecular formula is C14H21N3O4. The van der Waals surface area contributed by atoms with Gasteiger partial charge in [0.25, 0.3) is 11.5 Å². The fourth-order valence-corrected chi connectivity index (χ4v) is 1.67. The van der Waals surface area contributed by atoms with E-state index in [4.69, 9.17) is 0 Å². The van der Waals surface area contributed by atoms with E-state index in [2.05, 4.69) is 15.5 Å². The Morgan fingerprint density at radius 1 is 1.19 bits per heavy atom. The van der Waals surface area contributed by atoms with Crippen LogP contribution in [0.15, 0.2) is 4.79 Å². The van der Waals surface area contributed by atoms with Crippen LogP contribution < -0.4 is 10.9 Å². The number of nitrogens with zero attached hydrogens (tertiary/aromatic N) is 1. The van der Waals surface area contributed by atoms with Crippen LogP contribution in [0.5, 0.6) is 0 Å². The Labute approximate surface area is 122 Å². The minimum absolute atomic E-state index is 0.0447. The van der Waals surface area contributed by atoms with Gasteiger partial charge < -0.3 is 10.4 Å². The summed E-state index contributed by atoms with van der Waals surface area (Å²) in [6.07, 6.45) is 0. The van der Waals surface area contributed by atoms with E-state index in [1.807, 2.05) is 0 Å². The van der Waals surface area contributed by atoms with Crippen molar-refractivity contribution in [2.24, 2.45) is 5.41 Å². The minimum atomic E-state index is -1.20. The average Bonchev–Trinajstić information content (AvgIpc) is 2.33. The molecule has 3 N–H and O–H groups in total. The molecule has 7 nitrogen and oxygen atoms in total. The second-order valence-corrected chi connectivity index (χ2v) is 6.15. The fraction of sp³-hybridized carbons (Fsp3) is 0.571. The van der Waals surface area contributed by atoms with E-state index in [1.165, 1.54) is 13.8 Å². The third-order valence-electron chi connectivity index (χ3n) is 4.22. The number of carbonyl (C=O) groups excluding carboxylic acids is 1. The number of carbonyl (C=O) groups is 2. The molecule has 1 aromatic heterocycles. The van der Waals surface area contributed by atoms with E-state index in [0.717, 1.165) is 0 Å². The van der Waals surface area contributed by atoms with Gasteiger partial charge in [-0.1, -0.05) is 0 Å². The number of aliphatic carboxylic acids is 1. The zero-order chi connectivity index (χ0) is 16.6. The van der Waals surface area contributed by atoms with Crippen LogP contribution in [0.3, 0.4) is 0 Å². The zero-order valence-corrected chi connectivity index (χ0v) is 13.1. The molecule has 7 heteroatoms. The molecule has 0 aromatic carbocycles. The lowest BCUT2D eigenvalue weighted by atomic mass is 9.74. The van der Waals surface area contributed by atoms with Crippen LogP contribution in [0.25, 0.3) is 0 Å². The summed E-state index contributed by atoms with van der Waals surface area (Å²) >= 11 is 0. The van der Waals surface area contributed by atoms with Crippen molar-refractivity contribution < 1.29 is 14.7 Å². The summed E-state index contributed by atoms with van der Waals surface area (Å²) in [4.78, 5) is 35.5. The smallest absolute Gasteiger partial charge is 0.311 e. The van der Waals surface area contributed by atoms with Crippen molar-refractivity contribution in [2.45, 2.75) is 47.1 Å². The average molecular weight is 295 g/mol. The Kier molecular flexibility index (Phi) is 4.26. The van der Waals surface area contributed by atoms with Gasteiger partial charge in [-0.25, -0.2) is 5.10 Å². The van der Waals surface area contributed by atoms with E-state index in [1.54, 1.807) is 27.7 Å². The van der Waals surface area contributed by atoms with Gasteiger partial charge in [0.15, 0.2) is 0 Å². The minimum Gasteiger partial charge on any atom is -0.481 e. The van der Waals surface area contributed by atoms with Gasteiger partial charge in [-0.2, -0.15) is 5.10 Å². The predicted molar refractivity (Wildman–Crippen MR) is 77.3 cm³/mol. The number of nitrogens with one attached hydrogen (secondary N) is 2. The monoisotopic (exact) mass is 295 g/mol. The van der Waals surface area contributed by atoms with Crippen molar-refractivity contribution in [1.29, 1.82) is 0 Å². The molecule has 0 aliphatic rings. The molecule has 0 unspecified atom stereocenters. The van der Waals surface area contributed by atoms with Gasteiger partial charge in [-0.15, -0.1) is 0 Å². The maximum atomic E-state index is 12.4. The molecule has 0 aliphatic carbocycles. The van der Waals surface area contributed by atoms with Crippen LogP contribution in [-0.2, 0) is 4.79 Å². The second kappa shape index (κ2) is 5.31.